The fourth-order valence-corrected chi connectivity index (χ4v) is 2.94. The van der Waals surface area contributed by atoms with E-state index in [9.17, 15) is 0 Å². The summed E-state index contributed by atoms with van der Waals surface area (Å²) < 4.78 is 0. The van der Waals surface area contributed by atoms with Crippen LogP contribution in [-0.2, 0) is 0 Å². The van der Waals surface area contributed by atoms with E-state index in [4.69, 9.17) is 11.6 Å². The third kappa shape index (κ3) is 5.99. The maximum atomic E-state index is 6.04. The fourth-order valence-electron chi connectivity index (χ4n) is 2.71. The molecule has 0 aliphatic heterocycles. The van der Waals surface area contributed by atoms with Crippen molar-refractivity contribution in [1.29, 1.82) is 0 Å². The Kier molecular flexibility index (Phi) is 6.78. The molecule has 0 spiro atoms. The predicted molar refractivity (Wildman–Crippen MR) is 85.5 cm³/mol. The summed E-state index contributed by atoms with van der Waals surface area (Å²) in [4.78, 5) is 0. The average Bonchev–Trinajstić information content (AvgIpc) is 3.16. The van der Waals surface area contributed by atoms with Crippen molar-refractivity contribution in [2.24, 2.45) is 17.8 Å². The molecule has 2 aliphatic carbocycles. The molecule has 0 aromatic rings. The lowest BCUT2D eigenvalue weighted by Crippen LogP contribution is -1.96. The molecule has 0 N–H and O–H groups in total. The van der Waals surface area contributed by atoms with E-state index >= 15 is 0 Å². The van der Waals surface area contributed by atoms with Crippen LogP contribution in [-0.4, -0.2) is 5.88 Å². The molecule has 19 heavy (non-hydrogen) atoms. The molecule has 1 heteroatoms. The highest BCUT2D eigenvalue weighted by atomic mass is 35.5. The Morgan fingerprint density at radius 1 is 0.789 bits per heavy atom. The van der Waals surface area contributed by atoms with Crippen LogP contribution in [0.5, 0.6) is 0 Å². The number of allylic oxidation sites excluding steroid dienone is 6. The lowest BCUT2D eigenvalue weighted by Gasteiger charge is -2.05. The maximum absolute atomic E-state index is 6.04. The summed E-state index contributed by atoms with van der Waals surface area (Å²) in [5.74, 6) is 2.87. The van der Waals surface area contributed by atoms with Crippen LogP contribution in [0.4, 0.5) is 0 Å². The second kappa shape index (κ2) is 8.64. The van der Waals surface area contributed by atoms with Crippen LogP contribution >= 0.6 is 11.6 Å². The first-order valence-electron chi connectivity index (χ1n) is 7.96. The van der Waals surface area contributed by atoms with Gasteiger partial charge in [-0.05, 0) is 56.3 Å². The largest absolute Gasteiger partial charge is 0.126 e. The first-order chi connectivity index (χ1) is 9.40. The second-order valence-electron chi connectivity index (χ2n) is 5.99. The maximum Gasteiger partial charge on any atom is 0.0289 e. The van der Waals surface area contributed by atoms with E-state index in [0.717, 1.165) is 24.1 Å². The molecule has 106 valence electrons. The van der Waals surface area contributed by atoms with Crippen LogP contribution in [0, 0.1) is 17.8 Å². The van der Waals surface area contributed by atoms with Crippen molar-refractivity contribution in [2.45, 2.75) is 51.4 Å². The van der Waals surface area contributed by atoms with Gasteiger partial charge in [0.05, 0.1) is 0 Å². The second-order valence-corrected chi connectivity index (χ2v) is 6.30. The number of fused-ring (bicyclic) bond motifs is 1. The number of rotatable bonds is 1. The molecule has 0 saturated heterocycles. The summed E-state index contributed by atoms with van der Waals surface area (Å²) in [7, 11) is 0. The van der Waals surface area contributed by atoms with E-state index in [0.29, 0.717) is 5.92 Å². The molecule has 0 amide bonds. The van der Waals surface area contributed by atoms with Crippen molar-refractivity contribution in [3.63, 3.8) is 0 Å². The number of halogens is 1. The van der Waals surface area contributed by atoms with E-state index in [-0.39, 0.29) is 0 Å². The Morgan fingerprint density at radius 3 is 2.32 bits per heavy atom. The lowest BCUT2D eigenvalue weighted by atomic mass is 10.0. The van der Waals surface area contributed by atoms with Gasteiger partial charge in [-0.1, -0.05) is 49.3 Å². The summed E-state index contributed by atoms with van der Waals surface area (Å²) >= 11 is 6.04. The zero-order valence-corrected chi connectivity index (χ0v) is 12.7. The predicted octanol–water partition coefficient (Wildman–Crippen LogP) is 5.89. The Balaban J connectivity index is 1.86. The minimum atomic E-state index is 0.524. The Hall–Kier alpha value is -0.490. The fraction of sp³-hybridized carbons (Fsp3) is 0.667. The molecule has 1 saturated carbocycles. The molecule has 0 nitrogen and oxygen atoms in total. The first kappa shape index (κ1) is 14.9. The summed E-state index contributed by atoms with van der Waals surface area (Å²) in [6.45, 7) is 0. The van der Waals surface area contributed by atoms with Gasteiger partial charge >= 0.3 is 0 Å². The van der Waals surface area contributed by atoms with Gasteiger partial charge in [0.15, 0.2) is 0 Å². The molecule has 0 radical (unpaired) electrons. The monoisotopic (exact) mass is 278 g/mol. The minimum absolute atomic E-state index is 0.524. The van der Waals surface area contributed by atoms with Crippen molar-refractivity contribution in [3.05, 3.63) is 36.5 Å². The number of hydrogen-bond acceptors (Lipinski definition) is 0. The van der Waals surface area contributed by atoms with Gasteiger partial charge in [-0.15, -0.1) is 11.6 Å². The van der Waals surface area contributed by atoms with Crippen LogP contribution in [0.1, 0.15) is 51.4 Å². The van der Waals surface area contributed by atoms with Gasteiger partial charge in [0.1, 0.15) is 0 Å². The van der Waals surface area contributed by atoms with Gasteiger partial charge in [-0.2, -0.15) is 0 Å². The van der Waals surface area contributed by atoms with Crippen LogP contribution in [0.2, 0.25) is 0 Å². The zero-order valence-electron chi connectivity index (χ0n) is 11.9. The van der Waals surface area contributed by atoms with Crippen molar-refractivity contribution in [1.82, 2.24) is 0 Å². The average molecular weight is 279 g/mol. The third-order valence-electron chi connectivity index (χ3n) is 4.20. The van der Waals surface area contributed by atoms with Crippen molar-refractivity contribution in [3.8, 4) is 0 Å². The van der Waals surface area contributed by atoms with Gasteiger partial charge in [-0.25, -0.2) is 0 Å². The van der Waals surface area contributed by atoms with Crippen LogP contribution < -0.4 is 0 Å². The van der Waals surface area contributed by atoms with Crippen LogP contribution in [0.15, 0.2) is 36.5 Å². The SMILES string of the molecule is ClCC1/C=C\C2CC2/C=C\CCCCCC/C=C\C1. The highest BCUT2D eigenvalue weighted by Gasteiger charge is 2.31. The van der Waals surface area contributed by atoms with Gasteiger partial charge in [0.2, 0.25) is 0 Å². The summed E-state index contributed by atoms with van der Waals surface area (Å²) in [5.41, 5.74) is 0. The van der Waals surface area contributed by atoms with Gasteiger partial charge < -0.3 is 0 Å². The van der Waals surface area contributed by atoms with Gasteiger partial charge in [0.25, 0.3) is 0 Å². The number of hydrogen-bond donors (Lipinski definition) is 0. The standard InChI is InChI=1S/C18H27Cl/c19-15-16-10-8-6-4-2-1-3-5-7-9-11-17-14-18(17)13-12-16/h6,8-9,11-13,16-18H,1-5,7,10,14-15H2/b8-6-,11-9-,13-12-. The molecule has 2 rings (SSSR count). The lowest BCUT2D eigenvalue weighted by molar-refractivity contribution is 0.649. The van der Waals surface area contributed by atoms with Crippen LogP contribution in [0.3, 0.4) is 0 Å². The molecule has 1 fully saturated rings. The molecule has 3 atom stereocenters. The van der Waals surface area contributed by atoms with Crippen molar-refractivity contribution >= 4 is 11.6 Å². The zero-order chi connectivity index (χ0) is 13.3. The quantitative estimate of drug-likeness (QED) is 0.414. The molecule has 3 unspecified atom stereocenters. The molecule has 2 aliphatic rings. The molecule has 0 aromatic heterocycles. The van der Waals surface area contributed by atoms with E-state index < -0.39 is 0 Å². The third-order valence-corrected chi connectivity index (χ3v) is 4.60. The first-order valence-corrected chi connectivity index (χ1v) is 8.49. The Labute approximate surface area is 123 Å². The van der Waals surface area contributed by atoms with E-state index in [1.54, 1.807) is 0 Å². The van der Waals surface area contributed by atoms with E-state index in [1.165, 1.54) is 44.9 Å². The summed E-state index contributed by atoms with van der Waals surface area (Å²) in [6.07, 6.45) is 24.7. The molecular weight excluding hydrogens is 252 g/mol. The molecular formula is C18H27Cl. The van der Waals surface area contributed by atoms with Gasteiger partial charge in [-0.3, -0.25) is 0 Å². The summed E-state index contributed by atoms with van der Waals surface area (Å²) in [5, 5.41) is 0. The smallest absolute Gasteiger partial charge is 0.0289 e. The normalized spacial score (nSPS) is 38.1. The topological polar surface area (TPSA) is 0 Å². The Bertz CT molecular complexity index is 327. The molecule has 0 heterocycles. The van der Waals surface area contributed by atoms with Crippen molar-refractivity contribution in [2.75, 3.05) is 5.88 Å². The van der Waals surface area contributed by atoms with Crippen molar-refractivity contribution < 1.29 is 0 Å². The molecule has 0 bridgehead atoms. The minimum Gasteiger partial charge on any atom is -0.126 e. The van der Waals surface area contributed by atoms with E-state index in [1.807, 2.05) is 0 Å². The summed E-state index contributed by atoms with van der Waals surface area (Å²) in [6, 6.07) is 0. The number of alkyl halides is 1. The Morgan fingerprint density at radius 2 is 1.53 bits per heavy atom. The van der Waals surface area contributed by atoms with Gasteiger partial charge in [0, 0.05) is 5.88 Å². The highest BCUT2D eigenvalue weighted by molar-refractivity contribution is 6.18. The van der Waals surface area contributed by atoms with E-state index in [2.05, 4.69) is 36.5 Å². The molecule has 0 aromatic carbocycles. The van der Waals surface area contributed by atoms with Crippen LogP contribution in [0.25, 0.3) is 0 Å². The highest BCUT2D eigenvalue weighted by Crippen LogP contribution is 2.41.